The first-order valence-corrected chi connectivity index (χ1v) is 6.34. The Labute approximate surface area is 90.9 Å². The van der Waals surface area contributed by atoms with Gasteiger partial charge in [0, 0.05) is 11.3 Å². The maximum absolute atomic E-state index is 4.55. The molecule has 0 aromatic rings. The minimum Gasteiger partial charge on any atom is -0.362 e. The van der Waals surface area contributed by atoms with Gasteiger partial charge in [0.05, 0.1) is 6.54 Å². The zero-order valence-electron chi connectivity index (χ0n) is 9.50. The lowest BCUT2D eigenvalue weighted by atomic mass is 10.1. The van der Waals surface area contributed by atoms with Crippen molar-refractivity contribution in [1.82, 2.24) is 5.32 Å². The molecule has 1 saturated carbocycles. The first-order valence-electron chi connectivity index (χ1n) is 5.47. The third-order valence-corrected chi connectivity index (χ3v) is 4.70. The highest BCUT2D eigenvalue weighted by Crippen LogP contribution is 2.45. The second-order valence-electron chi connectivity index (χ2n) is 5.44. The number of hydrogen-bond acceptors (Lipinski definition) is 3. The number of aliphatic imine (C=N–C) groups is 1. The van der Waals surface area contributed by atoms with Gasteiger partial charge in [0.1, 0.15) is 0 Å². The van der Waals surface area contributed by atoms with E-state index in [-0.39, 0.29) is 0 Å². The van der Waals surface area contributed by atoms with Crippen molar-refractivity contribution in [2.45, 2.75) is 45.4 Å². The van der Waals surface area contributed by atoms with Gasteiger partial charge in [-0.25, -0.2) is 0 Å². The predicted molar refractivity (Wildman–Crippen MR) is 63.8 cm³/mol. The van der Waals surface area contributed by atoms with E-state index >= 15 is 0 Å². The van der Waals surface area contributed by atoms with Crippen molar-refractivity contribution in [1.29, 1.82) is 0 Å². The van der Waals surface area contributed by atoms with Gasteiger partial charge in [-0.1, -0.05) is 39.5 Å². The van der Waals surface area contributed by atoms with Crippen LogP contribution in [0.1, 0.15) is 34.1 Å². The average molecular weight is 212 g/mol. The molecule has 2 unspecified atom stereocenters. The number of thioether (sulfide) groups is 1. The van der Waals surface area contributed by atoms with E-state index in [1.807, 2.05) is 11.8 Å². The van der Waals surface area contributed by atoms with Crippen molar-refractivity contribution < 1.29 is 0 Å². The molecule has 2 rings (SSSR count). The first kappa shape index (κ1) is 10.3. The van der Waals surface area contributed by atoms with Crippen molar-refractivity contribution >= 4 is 16.9 Å². The maximum Gasteiger partial charge on any atom is 0.157 e. The Morgan fingerprint density at radius 3 is 2.57 bits per heavy atom. The summed E-state index contributed by atoms with van der Waals surface area (Å²) in [5.41, 5.74) is 0.499. The minimum absolute atomic E-state index is 0.499. The van der Waals surface area contributed by atoms with Gasteiger partial charge < -0.3 is 5.32 Å². The number of nitrogens with one attached hydrogen (secondary N) is 1. The van der Waals surface area contributed by atoms with E-state index in [9.17, 15) is 0 Å². The average Bonchev–Trinajstić information content (AvgIpc) is 2.51. The van der Waals surface area contributed by atoms with Gasteiger partial charge >= 0.3 is 0 Å². The molecule has 0 aromatic heterocycles. The summed E-state index contributed by atoms with van der Waals surface area (Å²) in [6, 6.07) is 0.666. The summed E-state index contributed by atoms with van der Waals surface area (Å²) in [6.45, 7) is 10.2. The second-order valence-corrected chi connectivity index (χ2v) is 6.66. The summed E-state index contributed by atoms with van der Waals surface area (Å²) in [6.07, 6.45) is 1.29. The third kappa shape index (κ3) is 2.08. The van der Waals surface area contributed by atoms with Gasteiger partial charge in [-0.15, -0.1) is 0 Å². The predicted octanol–water partition coefficient (Wildman–Crippen LogP) is 2.50. The Morgan fingerprint density at radius 2 is 2.14 bits per heavy atom. The second kappa shape index (κ2) is 3.44. The van der Waals surface area contributed by atoms with E-state index in [4.69, 9.17) is 0 Å². The fourth-order valence-corrected chi connectivity index (χ4v) is 2.75. The van der Waals surface area contributed by atoms with E-state index in [0.29, 0.717) is 16.7 Å². The molecule has 0 amide bonds. The van der Waals surface area contributed by atoms with Crippen molar-refractivity contribution in [3.63, 3.8) is 0 Å². The lowest BCUT2D eigenvalue weighted by molar-refractivity contribution is 0.596. The number of nitrogens with zero attached hydrogens (tertiary/aromatic N) is 1. The van der Waals surface area contributed by atoms with E-state index in [1.54, 1.807) is 0 Å². The summed E-state index contributed by atoms with van der Waals surface area (Å²) in [4.78, 5) is 4.55. The number of rotatable bonds is 2. The minimum atomic E-state index is 0.499. The standard InChI is InChI=1S/C11H20N2S/c1-7(2)8-6-12-10(14-8)13-9-5-11(9,3)4/h7-9H,5-6H2,1-4H3,(H,12,13). The van der Waals surface area contributed by atoms with Crippen LogP contribution in [0.2, 0.25) is 0 Å². The van der Waals surface area contributed by atoms with Gasteiger partial charge in [-0.3, -0.25) is 4.99 Å². The fourth-order valence-electron chi connectivity index (χ4n) is 1.68. The summed E-state index contributed by atoms with van der Waals surface area (Å²) in [5, 5.41) is 5.41. The zero-order valence-corrected chi connectivity index (χ0v) is 10.3. The fraction of sp³-hybridized carbons (Fsp3) is 0.909. The van der Waals surface area contributed by atoms with Crippen molar-refractivity contribution in [3.05, 3.63) is 0 Å². The molecule has 0 aromatic carbocycles. The van der Waals surface area contributed by atoms with E-state index in [2.05, 4.69) is 38.0 Å². The number of hydrogen-bond donors (Lipinski definition) is 1. The molecule has 80 valence electrons. The smallest absolute Gasteiger partial charge is 0.157 e. The van der Waals surface area contributed by atoms with Crippen LogP contribution in [0.15, 0.2) is 4.99 Å². The van der Waals surface area contributed by atoms with Gasteiger partial charge in [0.2, 0.25) is 0 Å². The molecule has 1 fully saturated rings. The van der Waals surface area contributed by atoms with Crippen molar-refractivity contribution in [3.8, 4) is 0 Å². The van der Waals surface area contributed by atoms with Gasteiger partial charge in [0.15, 0.2) is 5.17 Å². The lowest BCUT2D eigenvalue weighted by Gasteiger charge is -2.12. The highest BCUT2D eigenvalue weighted by Gasteiger charge is 2.46. The quantitative estimate of drug-likeness (QED) is 0.760. The van der Waals surface area contributed by atoms with Crippen LogP contribution in [-0.2, 0) is 0 Å². The van der Waals surface area contributed by atoms with E-state index in [1.165, 1.54) is 11.6 Å². The van der Waals surface area contributed by atoms with E-state index < -0.39 is 0 Å². The summed E-state index contributed by atoms with van der Waals surface area (Å²) >= 11 is 1.93. The molecule has 1 aliphatic carbocycles. The Balaban J connectivity index is 1.79. The molecule has 0 spiro atoms. The SMILES string of the molecule is CC(C)C1CN=C(NC2CC2(C)C)S1. The highest BCUT2D eigenvalue weighted by molar-refractivity contribution is 8.14. The molecular formula is C11H20N2S. The van der Waals surface area contributed by atoms with Gasteiger partial charge in [-0.2, -0.15) is 0 Å². The van der Waals surface area contributed by atoms with Crippen LogP contribution in [0, 0.1) is 11.3 Å². The van der Waals surface area contributed by atoms with Crippen LogP contribution >= 0.6 is 11.8 Å². The number of amidine groups is 1. The molecule has 2 atom stereocenters. The van der Waals surface area contributed by atoms with Crippen LogP contribution in [0.25, 0.3) is 0 Å². The zero-order chi connectivity index (χ0) is 10.3. The van der Waals surface area contributed by atoms with Gasteiger partial charge in [0.25, 0.3) is 0 Å². The topological polar surface area (TPSA) is 24.4 Å². The van der Waals surface area contributed by atoms with Crippen LogP contribution in [0.5, 0.6) is 0 Å². The summed E-state index contributed by atoms with van der Waals surface area (Å²) in [5.74, 6) is 0.732. The molecule has 14 heavy (non-hydrogen) atoms. The largest absolute Gasteiger partial charge is 0.362 e. The molecule has 2 aliphatic rings. The normalized spacial score (nSPS) is 34.5. The molecule has 0 radical (unpaired) electrons. The summed E-state index contributed by atoms with van der Waals surface area (Å²) < 4.78 is 0. The van der Waals surface area contributed by atoms with Crippen LogP contribution in [0.3, 0.4) is 0 Å². The molecule has 3 heteroatoms. The Morgan fingerprint density at radius 1 is 1.50 bits per heavy atom. The Hall–Kier alpha value is -0.180. The Kier molecular flexibility index (Phi) is 2.54. The monoisotopic (exact) mass is 212 g/mol. The van der Waals surface area contributed by atoms with E-state index in [0.717, 1.165) is 12.5 Å². The molecule has 2 nitrogen and oxygen atoms in total. The van der Waals surface area contributed by atoms with Crippen LogP contribution in [-0.4, -0.2) is 23.0 Å². The Bertz CT molecular complexity index is 258. The van der Waals surface area contributed by atoms with Crippen LogP contribution < -0.4 is 5.32 Å². The molecule has 0 bridgehead atoms. The molecule has 1 heterocycles. The lowest BCUT2D eigenvalue weighted by Crippen LogP contribution is -2.25. The maximum atomic E-state index is 4.55. The van der Waals surface area contributed by atoms with Crippen molar-refractivity contribution in [2.75, 3.05) is 6.54 Å². The van der Waals surface area contributed by atoms with Crippen LogP contribution in [0.4, 0.5) is 0 Å². The summed E-state index contributed by atoms with van der Waals surface area (Å²) in [7, 11) is 0. The highest BCUT2D eigenvalue weighted by atomic mass is 32.2. The molecule has 1 aliphatic heterocycles. The molecular weight excluding hydrogens is 192 g/mol. The molecule has 1 N–H and O–H groups in total. The van der Waals surface area contributed by atoms with Gasteiger partial charge in [-0.05, 0) is 17.8 Å². The molecule has 0 saturated heterocycles. The van der Waals surface area contributed by atoms with Crippen molar-refractivity contribution in [2.24, 2.45) is 16.3 Å². The third-order valence-electron chi connectivity index (χ3n) is 3.23. The first-order chi connectivity index (χ1) is 6.49.